The predicted octanol–water partition coefficient (Wildman–Crippen LogP) is 16.4. The number of unbranched alkanes of at least 4 members (excludes halogenated alkanes) is 21. The molecule has 0 aliphatic rings. The first kappa shape index (κ1) is 57.6. The van der Waals surface area contributed by atoms with Crippen molar-refractivity contribution in [1.29, 1.82) is 0 Å². The van der Waals surface area contributed by atoms with Crippen molar-refractivity contribution in [3.05, 3.63) is 85.1 Å². The van der Waals surface area contributed by atoms with Gasteiger partial charge in [-0.2, -0.15) is 0 Å². The number of carbonyl (C=O) groups is 3. The zero-order valence-electron chi connectivity index (χ0n) is 39.7. The molecule has 1 atom stereocenters. The van der Waals surface area contributed by atoms with Crippen LogP contribution in [0.5, 0.6) is 0 Å². The summed E-state index contributed by atoms with van der Waals surface area (Å²) in [6, 6.07) is 0. The lowest BCUT2D eigenvalue weighted by Gasteiger charge is -2.18. The van der Waals surface area contributed by atoms with Gasteiger partial charge in [-0.1, -0.05) is 196 Å². The Balaban J connectivity index is 4.47. The van der Waals surface area contributed by atoms with Gasteiger partial charge < -0.3 is 14.2 Å². The second kappa shape index (κ2) is 49.2. The third-order valence-corrected chi connectivity index (χ3v) is 10.4. The molecule has 0 aromatic heterocycles. The van der Waals surface area contributed by atoms with Gasteiger partial charge in [0, 0.05) is 19.3 Å². The van der Waals surface area contributed by atoms with E-state index in [-0.39, 0.29) is 37.5 Å². The van der Waals surface area contributed by atoms with E-state index in [2.05, 4.69) is 106 Å². The Morgan fingerprint density at radius 2 is 0.705 bits per heavy atom. The highest BCUT2D eigenvalue weighted by atomic mass is 16.6. The zero-order chi connectivity index (χ0) is 44.4. The first-order chi connectivity index (χ1) is 30.0. The molecule has 0 radical (unpaired) electrons. The Bertz CT molecular complexity index is 1200. The predicted molar refractivity (Wildman–Crippen MR) is 261 cm³/mol. The molecule has 0 saturated carbocycles. The molecule has 348 valence electrons. The summed E-state index contributed by atoms with van der Waals surface area (Å²) in [6.45, 7) is 6.40. The van der Waals surface area contributed by atoms with Crippen molar-refractivity contribution < 1.29 is 28.6 Å². The minimum absolute atomic E-state index is 0.104. The van der Waals surface area contributed by atoms with Crippen molar-refractivity contribution in [1.82, 2.24) is 0 Å². The van der Waals surface area contributed by atoms with E-state index in [1.54, 1.807) is 0 Å². The fourth-order valence-corrected chi connectivity index (χ4v) is 6.60. The van der Waals surface area contributed by atoms with Crippen LogP contribution in [0.1, 0.15) is 226 Å². The van der Waals surface area contributed by atoms with E-state index in [9.17, 15) is 14.4 Å². The first-order valence-electron chi connectivity index (χ1n) is 25.1. The molecule has 0 amide bonds. The van der Waals surface area contributed by atoms with Gasteiger partial charge in [0.15, 0.2) is 6.10 Å². The molecule has 0 aliphatic heterocycles. The molecular weight excluding hydrogens is 757 g/mol. The molecule has 1 unspecified atom stereocenters. The van der Waals surface area contributed by atoms with E-state index in [1.165, 1.54) is 70.6 Å². The highest BCUT2D eigenvalue weighted by Crippen LogP contribution is 2.13. The highest BCUT2D eigenvalue weighted by Gasteiger charge is 2.19. The lowest BCUT2D eigenvalue weighted by Crippen LogP contribution is -2.30. The fraction of sp³-hybridized carbons (Fsp3) is 0.691. The number of rotatable bonds is 44. The standard InChI is InChI=1S/C55H92O6/c1-4-7-10-13-16-19-22-24-26-28-30-33-36-39-42-45-48-54(57)60-51-52(50-59-53(56)47-44-41-38-35-32-21-18-15-12-9-6-3)61-55(58)49-46-43-40-37-34-31-29-27-25-23-20-17-14-11-8-5-2/h7,10,15-16,18-19,21,24,26-27,29,31-32,34,52H,4-6,8-9,11-14,17,20,22-23,25,28,30,33,35-51H2,1-3H3/b10-7-,18-15-,19-16-,26-24-,29-27-,32-21-,34-31-. The van der Waals surface area contributed by atoms with Gasteiger partial charge in [-0.15, -0.1) is 0 Å². The molecule has 0 heterocycles. The van der Waals surface area contributed by atoms with Gasteiger partial charge in [0.25, 0.3) is 0 Å². The maximum absolute atomic E-state index is 12.8. The molecule has 6 nitrogen and oxygen atoms in total. The van der Waals surface area contributed by atoms with Crippen LogP contribution in [0.3, 0.4) is 0 Å². The Morgan fingerprint density at radius 3 is 1.16 bits per heavy atom. The average Bonchev–Trinajstić information content (AvgIpc) is 3.26. The van der Waals surface area contributed by atoms with Crippen LogP contribution in [-0.4, -0.2) is 37.2 Å². The third-order valence-electron chi connectivity index (χ3n) is 10.4. The largest absolute Gasteiger partial charge is 0.462 e. The average molecular weight is 849 g/mol. The topological polar surface area (TPSA) is 78.9 Å². The van der Waals surface area contributed by atoms with Crippen molar-refractivity contribution in [3.63, 3.8) is 0 Å². The van der Waals surface area contributed by atoms with Crippen LogP contribution in [0.25, 0.3) is 0 Å². The number of hydrogen-bond donors (Lipinski definition) is 0. The van der Waals surface area contributed by atoms with Gasteiger partial charge in [0.2, 0.25) is 0 Å². The minimum Gasteiger partial charge on any atom is -0.462 e. The molecular formula is C55H92O6. The summed E-state index contributed by atoms with van der Waals surface area (Å²) in [5.74, 6) is -0.974. The monoisotopic (exact) mass is 849 g/mol. The summed E-state index contributed by atoms with van der Waals surface area (Å²) in [7, 11) is 0. The normalized spacial score (nSPS) is 12.8. The van der Waals surface area contributed by atoms with Crippen LogP contribution in [0, 0.1) is 0 Å². The molecule has 0 aromatic rings. The van der Waals surface area contributed by atoms with Crippen molar-refractivity contribution in [2.24, 2.45) is 0 Å². The smallest absolute Gasteiger partial charge is 0.306 e. The van der Waals surface area contributed by atoms with Crippen molar-refractivity contribution in [2.45, 2.75) is 232 Å². The lowest BCUT2D eigenvalue weighted by atomic mass is 10.1. The van der Waals surface area contributed by atoms with Crippen LogP contribution in [0.15, 0.2) is 85.1 Å². The molecule has 0 bridgehead atoms. The molecule has 0 rings (SSSR count). The molecule has 0 spiro atoms. The number of esters is 3. The second-order valence-electron chi connectivity index (χ2n) is 16.4. The van der Waals surface area contributed by atoms with Gasteiger partial charge in [0.1, 0.15) is 13.2 Å². The van der Waals surface area contributed by atoms with E-state index in [0.717, 1.165) is 116 Å². The molecule has 0 aliphatic carbocycles. The van der Waals surface area contributed by atoms with Crippen LogP contribution in [-0.2, 0) is 28.6 Å². The van der Waals surface area contributed by atoms with Gasteiger partial charge in [0.05, 0.1) is 0 Å². The van der Waals surface area contributed by atoms with Crippen LogP contribution in [0.4, 0.5) is 0 Å². The maximum Gasteiger partial charge on any atom is 0.306 e. The minimum atomic E-state index is -0.806. The molecule has 0 fully saturated rings. The third kappa shape index (κ3) is 47.5. The highest BCUT2D eigenvalue weighted by molar-refractivity contribution is 5.71. The van der Waals surface area contributed by atoms with E-state index in [4.69, 9.17) is 14.2 Å². The fourth-order valence-electron chi connectivity index (χ4n) is 6.60. The van der Waals surface area contributed by atoms with Crippen LogP contribution < -0.4 is 0 Å². The van der Waals surface area contributed by atoms with E-state index < -0.39 is 6.10 Å². The summed E-state index contributed by atoms with van der Waals surface area (Å²) in [5.41, 5.74) is 0. The van der Waals surface area contributed by atoms with Crippen molar-refractivity contribution >= 4 is 17.9 Å². The van der Waals surface area contributed by atoms with Gasteiger partial charge in [-0.25, -0.2) is 0 Å². The molecule has 6 heteroatoms. The molecule has 0 N–H and O–H groups in total. The van der Waals surface area contributed by atoms with E-state index in [1.807, 2.05) is 0 Å². The number of allylic oxidation sites excluding steroid dienone is 14. The molecule has 0 aromatic carbocycles. The van der Waals surface area contributed by atoms with Crippen molar-refractivity contribution in [2.75, 3.05) is 13.2 Å². The summed E-state index contributed by atoms with van der Waals surface area (Å²) in [4.78, 5) is 37.9. The summed E-state index contributed by atoms with van der Waals surface area (Å²) in [5, 5.41) is 0. The summed E-state index contributed by atoms with van der Waals surface area (Å²) in [6.07, 6.45) is 62.8. The molecule has 0 saturated heterocycles. The zero-order valence-corrected chi connectivity index (χ0v) is 39.7. The quantitative estimate of drug-likeness (QED) is 0.0200. The molecule has 61 heavy (non-hydrogen) atoms. The Labute approximate surface area is 375 Å². The Kier molecular flexibility index (Phi) is 46.5. The second-order valence-corrected chi connectivity index (χ2v) is 16.4. The maximum atomic E-state index is 12.8. The Hall–Kier alpha value is -3.41. The van der Waals surface area contributed by atoms with E-state index >= 15 is 0 Å². The van der Waals surface area contributed by atoms with Crippen LogP contribution >= 0.6 is 0 Å². The van der Waals surface area contributed by atoms with Crippen LogP contribution in [0.2, 0.25) is 0 Å². The van der Waals surface area contributed by atoms with Gasteiger partial charge in [-0.05, 0) is 96.3 Å². The SMILES string of the molecule is CC/C=C\C/C=C\C/C=C\CCCCCCCCC(=O)OCC(COC(=O)CCCCC/C=C\C=C/CCCC)OC(=O)CCCCC/C=C\C=C/CCCCCCCCC. The number of hydrogen-bond acceptors (Lipinski definition) is 6. The van der Waals surface area contributed by atoms with Gasteiger partial charge in [-0.3, -0.25) is 14.4 Å². The number of carbonyl (C=O) groups excluding carboxylic acids is 3. The van der Waals surface area contributed by atoms with Gasteiger partial charge >= 0.3 is 17.9 Å². The first-order valence-corrected chi connectivity index (χ1v) is 25.1. The lowest BCUT2D eigenvalue weighted by molar-refractivity contribution is -0.167. The Morgan fingerprint density at radius 1 is 0.361 bits per heavy atom. The summed E-state index contributed by atoms with van der Waals surface area (Å²) < 4.78 is 16.7. The number of ether oxygens (including phenoxy) is 3. The van der Waals surface area contributed by atoms with E-state index in [0.29, 0.717) is 12.8 Å². The van der Waals surface area contributed by atoms with Crippen molar-refractivity contribution in [3.8, 4) is 0 Å². The summed E-state index contributed by atoms with van der Waals surface area (Å²) >= 11 is 0.